The first-order valence-corrected chi connectivity index (χ1v) is 8.84. The van der Waals surface area contributed by atoms with Crippen LogP contribution in [0.2, 0.25) is 0 Å². The lowest BCUT2D eigenvalue weighted by Crippen LogP contribution is -2.46. The van der Waals surface area contributed by atoms with Crippen molar-refractivity contribution >= 4 is 17.4 Å². The Morgan fingerprint density at radius 1 is 1.38 bits per heavy atom. The number of carbonyl (C=O) groups is 1. The summed E-state index contributed by atoms with van der Waals surface area (Å²) in [5.41, 5.74) is 1.97. The molecule has 1 saturated heterocycles. The molecule has 128 valence electrons. The summed E-state index contributed by atoms with van der Waals surface area (Å²) >= 11 is 1.59. The molecule has 24 heavy (non-hydrogen) atoms. The van der Waals surface area contributed by atoms with Gasteiger partial charge in [0.15, 0.2) is 0 Å². The van der Waals surface area contributed by atoms with E-state index < -0.39 is 0 Å². The van der Waals surface area contributed by atoms with Crippen LogP contribution in [-0.2, 0) is 11.2 Å². The molecule has 1 aliphatic rings. The molecule has 0 unspecified atom stereocenters. The largest absolute Gasteiger partial charge is 0.496 e. The lowest BCUT2D eigenvalue weighted by Gasteiger charge is -2.26. The molecule has 1 aromatic heterocycles. The number of aromatic nitrogens is 1. The van der Waals surface area contributed by atoms with Gasteiger partial charge in [-0.05, 0) is 12.1 Å². The smallest absolute Gasteiger partial charge is 0.317 e. The van der Waals surface area contributed by atoms with Crippen LogP contribution in [0.25, 0.3) is 10.6 Å². The first-order valence-electron chi connectivity index (χ1n) is 7.96. The van der Waals surface area contributed by atoms with Crippen molar-refractivity contribution < 1.29 is 14.3 Å². The third kappa shape index (κ3) is 4.04. The van der Waals surface area contributed by atoms with Crippen LogP contribution >= 0.6 is 11.3 Å². The number of nitrogens with one attached hydrogen (secondary N) is 1. The van der Waals surface area contributed by atoms with Gasteiger partial charge in [-0.2, -0.15) is 0 Å². The Hall–Kier alpha value is -2.12. The van der Waals surface area contributed by atoms with Gasteiger partial charge in [-0.3, -0.25) is 0 Å². The van der Waals surface area contributed by atoms with E-state index in [4.69, 9.17) is 9.47 Å². The highest BCUT2D eigenvalue weighted by atomic mass is 32.1. The molecular formula is C17H21N3O3S. The highest BCUT2D eigenvalue weighted by Gasteiger charge is 2.16. The third-order valence-electron chi connectivity index (χ3n) is 3.84. The minimum atomic E-state index is -0.0292. The molecule has 1 aromatic carbocycles. The molecule has 0 saturated carbocycles. The van der Waals surface area contributed by atoms with Gasteiger partial charge in [0.25, 0.3) is 0 Å². The van der Waals surface area contributed by atoms with Crippen molar-refractivity contribution in [2.75, 3.05) is 40.0 Å². The molecule has 0 spiro atoms. The molecule has 2 aromatic rings. The van der Waals surface area contributed by atoms with Crippen LogP contribution < -0.4 is 10.1 Å². The van der Waals surface area contributed by atoms with Crippen LogP contribution in [0.15, 0.2) is 29.6 Å². The summed E-state index contributed by atoms with van der Waals surface area (Å²) in [5.74, 6) is 0.819. The number of hydrogen-bond donors (Lipinski definition) is 1. The van der Waals surface area contributed by atoms with Gasteiger partial charge in [0.2, 0.25) is 0 Å². The number of carbonyl (C=O) groups excluding carboxylic acids is 1. The first-order chi connectivity index (χ1) is 11.8. The van der Waals surface area contributed by atoms with Crippen LogP contribution in [0.5, 0.6) is 5.75 Å². The number of benzene rings is 1. The summed E-state index contributed by atoms with van der Waals surface area (Å²) in [6.07, 6.45) is 0.710. The van der Waals surface area contributed by atoms with Crippen LogP contribution in [0.1, 0.15) is 5.69 Å². The average Bonchev–Trinajstić information content (AvgIpc) is 3.11. The molecule has 1 aliphatic heterocycles. The van der Waals surface area contributed by atoms with Crippen molar-refractivity contribution in [3.8, 4) is 16.3 Å². The lowest BCUT2D eigenvalue weighted by atomic mass is 10.2. The van der Waals surface area contributed by atoms with Crippen LogP contribution in [0.3, 0.4) is 0 Å². The Bertz CT molecular complexity index is 683. The van der Waals surface area contributed by atoms with Crippen LogP contribution in [-0.4, -0.2) is 55.9 Å². The van der Waals surface area contributed by atoms with Crippen molar-refractivity contribution in [2.24, 2.45) is 0 Å². The van der Waals surface area contributed by atoms with E-state index >= 15 is 0 Å². The molecule has 1 N–H and O–H groups in total. The number of urea groups is 1. The quantitative estimate of drug-likeness (QED) is 0.902. The minimum absolute atomic E-state index is 0.0292. The molecule has 0 radical (unpaired) electrons. The maximum Gasteiger partial charge on any atom is 0.317 e. The zero-order chi connectivity index (χ0) is 16.8. The number of rotatable bonds is 5. The van der Waals surface area contributed by atoms with Gasteiger partial charge in [-0.15, -0.1) is 11.3 Å². The van der Waals surface area contributed by atoms with Gasteiger partial charge in [0, 0.05) is 31.4 Å². The van der Waals surface area contributed by atoms with Crippen LogP contribution in [0.4, 0.5) is 4.79 Å². The third-order valence-corrected chi connectivity index (χ3v) is 4.77. The summed E-state index contributed by atoms with van der Waals surface area (Å²) in [7, 11) is 1.66. The molecule has 0 aliphatic carbocycles. The molecule has 2 heterocycles. The Kier molecular flexibility index (Phi) is 5.66. The number of methoxy groups -OCH3 is 1. The fourth-order valence-electron chi connectivity index (χ4n) is 2.54. The van der Waals surface area contributed by atoms with Crippen molar-refractivity contribution in [3.63, 3.8) is 0 Å². The Labute approximate surface area is 145 Å². The number of hydrogen-bond acceptors (Lipinski definition) is 5. The predicted molar refractivity (Wildman–Crippen MR) is 93.6 cm³/mol. The van der Waals surface area contributed by atoms with E-state index in [1.807, 2.05) is 29.6 Å². The molecule has 0 atom stereocenters. The summed E-state index contributed by atoms with van der Waals surface area (Å²) in [4.78, 5) is 18.5. The monoisotopic (exact) mass is 347 g/mol. The number of nitrogens with zero attached hydrogens (tertiary/aromatic N) is 2. The number of morpholine rings is 1. The normalized spacial score (nSPS) is 14.5. The van der Waals surface area contributed by atoms with Gasteiger partial charge in [0.05, 0.1) is 31.6 Å². The Morgan fingerprint density at radius 2 is 2.17 bits per heavy atom. The van der Waals surface area contributed by atoms with E-state index in [0.29, 0.717) is 39.3 Å². The van der Waals surface area contributed by atoms with E-state index in [2.05, 4.69) is 10.3 Å². The summed E-state index contributed by atoms with van der Waals surface area (Å²) < 4.78 is 10.6. The number of ether oxygens (including phenoxy) is 2. The van der Waals surface area contributed by atoms with Crippen molar-refractivity contribution in [1.29, 1.82) is 0 Å². The fraction of sp³-hybridized carbons (Fsp3) is 0.412. The summed E-state index contributed by atoms with van der Waals surface area (Å²) in [5, 5.41) is 5.91. The number of amides is 2. The zero-order valence-corrected chi connectivity index (χ0v) is 14.5. The van der Waals surface area contributed by atoms with Gasteiger partial charge < -0.3 is 19.7 Å². The predicted octanol–water partition coefficient (Wildman–Crippen LogP) is 2.40. The molecule has 3 rings (SSSR count). The maximum atomic E-state index is 12.0. The second-order valence-corrected chi connectivity index (χ2v) is 6.28. The molecule has 1 fully saturated rings. The molecule has 7 heteroatoms. The van der Waals surface area contributed by atoms with Crippen LogP contribution in [0, 0.1) is 0 Å². The fourth-order valence-corrected chi connectivity index (χ4v) is 3.43. The van der Waals surface area contributed by atoms with Gasteiger partial charge in [-0.1, -0.05) is 12.1 Å². The van der Waals surface area contributed by atoms with Gasteiger partial charge >= 0.3 is 6.03 Å². The Balaban J connectivity index is 1.53. The lowest BCUT2D eigenvalue weighted by molar-refractivity contribution is 0.0533. The average molecular weight is 347 g/mol. The summed E-state index contributed by atoms with van der Waals surface area (Å²) in [6, 6.07) is 7.82. The van der Waals surface area contributed by atoms with E-state index in [9.17, 15) is 4.79 Å². The second-order valence-electron chi connectivity index (χ2n) is 5.43. The number of thiazole rings is 1. The summed E-state index contributed by atoms with van der Waals surface area (Å²) in [6.45, 7) is 3.11. The van der Waals surface area contributed by atoms with Crippen molar-refractivity contribution in [2.45, 2.75) is 6.42 Å². The molecule has 0 bridgehead atoms. The van der Waals surface area contributed by atoms with Crippen molar-refractivity contribution in [3.05, 3.63) is 35.3 Å². The maximum absolute atomic E-state index is 12.0. The second kappa shape index (κ2) is 8.12. The van der Waals surface area contributed by atoms with E-state index in [-0.39, 0.29) is 6.03 Å². The SMILES string of the molecule is COc1ccccc1-c1nc(CCNC(=O)N2CCOCC2)cs1. The zero-order valence-electron chi connectivity index (χ0n) is 13.7. The van der Waals surface area contributed by atoms with E-state index in [1.54, 1.807) is 23.3 Å². The highest BCUT2D eigenvalue weighted by molar-refractivity contribution is 7.13. The standard InChI is InChI=1S/C17H21N3O3S/c1-22-15-5-3-2-4-14(15)16-19-13(12-24-16)6-7-18-17(21)20-8-10-23-11-9-20/h2-5,12H,6-11H2,1H3,(H,18,21). The molecule has 6 nitrogen and oxygen atoms in total. The first kappa shape index (κ1) is 16.7. The van der Waals surface area contributed by atoms with E-state index in [0.717, 1.165) is 22.0 Å². The molecular weight excluding hydrogens is 326 g/mol. The van der Waals surface area contributed by atoms with E-state index in [1.165, 1.54) is 0 Å². The highest BCUT2D eigenvalue weighted by Crippen LogP contribution is 2.31. The minimum Gasteiger partial charge on any atom is -0.496 e. The number of para-hydroxylation sites is 1. The van der Waals surface area contributed by atoms with Gasteiger partial charge in [0.1, 0.15) is 10.8 Å². The topological polar surface area (TPSA) is 63.7 Å². The van der Waals surface area contributed by atoms with Crippen molar-refractivity contribution in [1.82, 2.24) is 15.2 Å². The molecule has 2 amide bonds. The Morgan fingerprint density at radius 3 is 2.96 bits per heavy atom. The van der Waals surface area contributed by atoms with Gasteiger partial charge in [-0.25, -0.2) is 9.78 Å².